The minimum Gasteiger partial charge on any atom is -0.508 e. The summed E-state index contributed by atoms with van der Waals surface area (Å²) in [6, 6.07) is 16.8. The molecule has 8 nitrogen and oxygen atoms in total. The molecular weight excluding hydrogens is 566 g/mol. The molecule has 6 rings (SSSR count). The first kappa shape index (κ1) is 30.3. The summed E-state index contributed by atoms with van der Waals surface area (Å²) >= 11 is 0. The lowest BCUT2D eigenvalue weighted by atomic mass is 9.71. The van der Waals surface area contributed by atoms with E-state index in [4.69, 9.17) is 4.74 Å². The van der Waals surface area contributed by atoms with Crippen LogP contribution in [-0.4, -0.2) is 44.9 Å². The first-order valence-corrected chi connectivity index (χ1v) is 16.0. The van der Waals surface area contributed by atoms with Crippen molar-refractivity contribution in [3.8, 4) is 17.2 Å². The number of aromatic nitrogens is 2. The molecule has 45 heavy (non-hydrogen) atoms. The predicted molar refractivity (Wildman–Crippen MR) is 175 cm³/mol. The molecule has 2 aliphatic rings. The van der Waals surface area contributed by atoms with Crippen molar-refractivity contribution in [1.29, 1.82) is 0 Å². The number of carbonyl (C=O) groups excluding carboxylic acids is 2. The highest BCUT2D eigenvalue weighted by Crippen LogP contribution is 2.43. The van der Waals surface area contributed by atoms with Crippen LogP contribution in [0.1, 0.15) is 72.4 Å². The number of rotatable bonds is 14. The first-order valence-electron chi connectivity index (χ1n) is 16.0. The Morgan fingerprint density at radius 2 is 1.89 bits per heavy atom. The maximum atomic E-state index is 14.1. The zero-order valence-corrected chi connectivity index (χ0v) is 25.5. The van der Waals surface area contributed by atoms with Gasteiger partial charge in [0.05, 0.1) is 13.0 Å². The second-order valence-electron chi connectivity index (χ2n) is 12.2. The number of hydrogen-bond acceptors (Lipinski definition) is 6. The van der Waals surface area contributed by atoms with E-state index in [-0.39, 0.29) is 41.8 Å². The van der Waals surface area contributed by atoms with E-state index in [2.05, 4.69) is 27.4 Å². The Morgan fingerprint density at radius 3 is 2.73 bits per heavy atom. The van der Waals surface area contributed by atoms with Gasteiger partial charge in [-0.2, -0.15) is 0 Å². The molecule has 234 valence electrons. The Balaban J connectivity index is 1.16. The number of Topliss-reactive ketones (excluding diaryl/α,β-unsaturated/α-hetero) is 2. The fourth-order valence-corrected chi connectivity index (χ4v) is 6.93. The monoisotopic (exact) mass is 607 g/mol. The molecule has 1 aliphatic carbocycles. The number of phenols is 2. The van der Waals surface area contributed by atoms with Gasteiger partial charge in [-0.3, -0.25) is 9.59 Å². The summed E-state index contributed by atoms with van der Waals surface area (Å²) in [4.78, 5) is 34.0. The van der Waals surface area contributed by atoms with Crippen LogP contribution in [0.4, 0.5) is 5.82 Å². The number of H-pyrrole nitrogens is 2. The molecule has 0 radical (unpaired) electrons. The second-order valence-corrected chi connectivity index (χ2v) is 12.2. The van der Waals surface area contributed by atoms with Crippen molar-refractivity contribution in [2.45, 2.75) is 63.7 Å². The van der Waals surface area contributed by atoms with Gasteiger partial charge in [-0.15, -0.1) is 0 Å². The molecule has 0 saturated carbocycles. The lowest BCUT2D eigenvalue weighted by molar-refractivity contribution is -0.129. The van der Waals surface area contributed by atoms with Crippen LogP contribution in [0.2, 0.25) is 0 Å². The number of hydrogen-bond donors (Lipinski definition) is 5. The average Bonchev–Trinajstić information content (AvgIpc) is 3.74. The number of unbranched alkanes of at least 4 members (excludes halogenated alkanes) is 1. The number of aromatic amines is 2. The smallest absolute Gasteiger partial charge is 0.164 e. The van der Waals surface area contributed by atoms with Crippen molar-refractivity contribution in [2.75, 3.05) is 18.5 Å². The van der Waals surface area contributed by atoms with Crippen LogP contribution in [-0.2, 0) is 28.9 Å². The molecule has 4 aromatic rings. The fourth-order valence-electron chi connectivity index (χ4n) is 6.93. The van der Waals surface area contributed by atoms with Gasteiger partial charge in [-0.25, -0.2) is 0 Å². The van der Waals surface area contributed by atoms with Crippen LogP contribution < -0.4 is 10.1 Å². The highest BCUT2D eigenvalue weighted by molar-refractivity contribution is 6.02. The van der Waals surface area contributed by atoms with Crippen molar-refractivity contribution in [3.63, 3.8) is 0 Å². The molecule has 0 spiro atoms. The van der Waals surface area contributed by atoms with Gasteiger partial charge in [0.1, 0.15) is 23.1 Å². The lowest BCUT2D eigenvalue weighted by Crippen LogP contribution is -2.31. The number of fused-ring (bicyclic) bond motifs is 2. The summed E-state index contributed by atoms with van der Waals surface area (Å²) < 4.78 is 5.69. The van der Waals surface area contributed by atoms with E-state index in [1.807, 2.05) is 42.7 Å². The molecule has 2 aromatic carbocycles. The highest BCUT2D eigenvalue weighted by Gasteiger charge is 2.37. The van der Waals surface area contributed by atoms with E-state index in [0.717, 1.165) is 77.9 Å². The topological polar surface area (TPSA) is 127 Å². The molecule has 3 heterocycles. The van der Waals surface area contributed by atoms with E-state index in [9.17, 15) is 19.8 Å². The Hall–Kier alpha value is -4.72. The molecule has 8 heteroatoms. The molecule has 5 N–H and O–H groups in total. The quantitative estimate of drug-likeness (QED) is 0.0787. The summed E-state index contributed by atoms with van der Waals surface area (Å²) in [6.45, 7) is 1.07. The van der Waals surface area contributed by atoms with Gasteiger partial charge in [0.2, 0.25) is 0 Å². The number of ketones is 2. The standard InChI is InChI=1S/C37H41N3O5/c41-27-8-3-7-24(20-27)6-1-2-9-31-30-16-18-38-32(30)21-26(23-40-35-11-4-17-39-35)36(31)34(44)22-28(42)14-12-25-13-15-33(43)37-29(25)10-5-19-45-37/h3-4,7-8,11,13,15-18,20-21,31,36,38-41,43H,1-2,5-6,9-10,12,14,19,22-23H2. The summed E-state index contributed by atoms with van der Waals surface area (Å²) in [5.41, 5.74) is 6.18. The third kappa shape index (κ3) is 7.17. The zero-order valence-electron chi connectivity index (χ0n) is 25.5. The first-order chi connectivity index (χ1) is 22.0. The Morgan fingerprint density at radius 1 is 0.978 bits per heavy atom. The molecule has 2 atom stereocenters. The van der Waals surface area contributed by atoms with Gasteiger partial charge in [-0.1, -0.05) is 24.6 Å². The Labute approximate surface area is 263 Å². The van der Waals surface area contributed by atoms with E-state index < -0.39 is 5.92 Å². The maximum Gasteiger partial charge on any atom is 0.164 e. The van der Waals surface area contributed by atoms with Crippen LogP contribution in [0.3, 0.4) is 0 Å². The van der Waals surface area contributed by atoms with Crippen LogP contribution in [0, 0.1) is 5.92 Å². The van der Waals surface area contributed by atoms with Gasteiger partial charge in [0.15, 0.2) is 11.5 Å². The van der Waals surface area contributed by atoms with Gasteiger partial charge < -0.3 is 30.2 Å². The molecule has 0 bridgehead atoms. The number of aromatic hydroxyl groups is 2. The number of aryl methyl sites for hydroxylation is 2. The van der Waals surface area contributed by atoms with Crippen molar-refractivity contribution in [1.82, 2.24) is 9.97 Å². The lowest BCUT2D eigenvalue weighted by Gasteiger charge is -2.32. The highest BCUT2D eigenvalue weighted by atomic mass is 16.5. The predicted octanol–water partition coefficient (Wildman–Crippen LogP) is 6.86. The van der Waals surface area contributed by atoms with Crippen LogP contribution in [0.25, 0.3) is 6.08 Å². The average molecular weight is 608 g/mol. The summed E-state index contributed by atoms with van der Waals surface area (Å²) in [5.74, 6) is 1.25. The van der Waals surface area contributed by atoms with Gasteiger partial charge in [0.25, 0.3) is 0 Å². The number of nitrogens with one attached hydrogen (secondary N) is 3. The third-order valence-electron chi connectivity index (χ3n) is 9.11. The number of anilines is 1. The normalized spacial score (nSPS) is 17.1. The van der Waals surface area contributed by atoms with Gasteiger partial charge in [-0.05, 0) is 109 Å². The number of carbonyl (C=O) groups is 2. The summed E-state index contributed by atoms with van der Waals surface area (Å²) in [7, 11) is 0. The SMILES string of the molecule is O=C(CCc1ccc(O)c2c1CCCO2)CC(=O)C1C(CNc2ccc[nH]2)=Cc2[nH]ccc2C1CCCCc1cccc(O)c1. The summed E-state index contributed by atoms with van der Waals surface area (Å²) in [6.07, 6.45) is 11.7. The van der Waals surface area contributed by atoms with Crippen molar-refractivity contribution < 1.29 is 24.5 Å². The fraction of sp³-hybridized carbons (Fsp3) is 0.351. The van der Waals surface area contributed by atoms with Gasteiger partial charge in [0, 0.05) is 42.5 Å². The third-order valence-corrected chi connectivity index (χ3v) is 9.11. The number of ether oxygens (including phenoxy) is 1. The molecule has 0 saturated heterocycles. The minimum atomic E-state index is -0.407. The van der Waals surface area contributed by atoms with Crippen LogP contribution in [0.5, 0.6) is 17.2 Å². The maximum absolute atomic E-state index is 14.1. The zero-order chi connectivity index (χ0) is 31.2. The van der Waals surface area contributed by atoms with Crippen molar-refractivity contribution >= 4 is 23.5 Å². The second kappa shape index (κ2) is 13.9. The Bertz CT molecular complexity index is 1670. The van der Waals surface area contributed by atoms with E-state index in [1.54, 1.807) is 18.2 Å². The number of benzene rings is 2. The van der Waals surface area contributed by atoms with Crippen LogP contribution in [0.15, 0.2) is 72.6 Å². The molecule has 2 aromatic heterocycles. The van der Waals surface area contributed by atoms with E-state index in [0.29, 0.717) is 25.3 Å². The van der Waals surface area contributed by atoms with Crippen molar-refractivity contribution in [2.24, 2.45) is 5.92 Å². The Kier molecular flexibility index (Phi) is 9.38. The molecule has 0 fully saturated rings. The van der Waals surface area contributed by atoms with Gasteiger partial charge >= 0.3 is 0 Å². The number of phenolic OH excluding ortho intramolecular Hbond substituents is 2. The minimum absolute atomic E-state index is 0.0394. The van der Waals surface area contributed by atoms with E-state index >= 15 is 0 Å². The van der Waals surface area contributed by atoms with Crippen molar-refractivity contribution in [3.05, 3.63) is 101 Å². The largest absolute Gasteiger partial charge is 0.508 e. The summed E-state index contributed by atoms with van der Waals surface area (Å²) in [5, 5.41) is 23.5. The molecule has 2 unspecified atom stereocenters. The molecular formula is C37H41N3O5. The van der Waals surface area contributed by atoms with E-state index in [1.165, 1.54) is 0 Å². The molecule has 0 amide bonds. The van der Waals surface area contributed by atoms with Crippen LogP contribution >= 0.6 is 0 Å². The molecule has 1 aliphatic heterocycles.